The molecule has 1 atom stereocenters. The molecule has 0 saturated carbocycles. The Labute approximate surface area is 209 Å². The Morgan fingerprint density at radius 3 is 2.71 bits per heavy atom. The first-order valence-electron chi connectivity index (χ1n) is 11.7. The molecule has 190 valence electrons. The largest absolute Gasteiger partial charge is 0.383 e. The average Bonchev–Trinajstić information content (AvgIpc) is 3.30. The second kappa shape index (κ2) is 11.9. The van der Waals surface area contributed by atoms with Crippen LogP contribution in [0.15, 0.2) is 23.6 Å². The van der Waals surface area contributed by atoms with Crippen molar-refractivity contribution in [2.75, 3.05) is 70.4 Å². The summed E-state index contributed by atoms with van der Waals surface area (Å²) in [5.41, 5.74) is 2.17. The van der Waals surface area contributed by atoms with Gasteiger partial charge in [0.25, 0.3) is 11.8 Å². The van der Waals surface area contributed by atoms with Crippen molar-refractivity contribution in [3.63, 3.8) is 0 Å². The standard InChI is InChI=1S/C24H33N5O5S/c1-16(14-32-2)25-22(30)19-10-17(11-28-6-8-34-9-7-28)4-5-20(19)26-23(31)21-15-35-24(27-21)29-12-18(13-29)33-3/h4-5,10,15-16,18H,6-9,11-14H2,1-3H3,(H,25,30)(H,26,31)/t16-/m1/s1. The molecule has 1 aromatic heterocycles. The minimum atomic E-state index is -0.351. The van der Waals surface area contributed by atoms with Crippen molar-refractivity contribution in [3.05, 3.63) is 40.4 Å². The Bertz CT molecular complexity index is 1020. The monoisotopic (exact) mass is 503 g/mol. The van der Waals surface area contributed by atoms with Crippen molar-refractivity contribution in [2.24, 2.45) is 0 Å². The van der Waals surface area contributed by atoms with E-state index >= 15 is 0 Å². The number of ether oxygens (including phenoxy) is 3. The van der Waals surface area contributed by atoms with Gasteiger partial charge in [-0.2, -0.15) is 0 Å². The van der Waals surface area contributed by atoms with E-state index in [2.05, 4.69) is 25.4 Å². The zero-order valence-electron chi connectivity index (χ0n) is 20.4. The number of nitrogens with zero attached hydrogens (tertiary/aromatic N) is 3. The fourth-order valence-corrected chi connectivity index (χ4v) is 4.87. The quantitative estimate of drug-likeness (QED) is 0.506. The number of thiazole rings is 1. The van der Waals surface area contributed by atoms with Crippen molar-refractivity contribution in [3.8, 4) is 0 Å². The van der Waals surface area contributed by atoms with Crippen LogP contribution in [0.2, 0.25) is 0 Å². The molecule has 0 bridgehead atoms. The van der Waals surface area contributed by atoms with E-state index in [1.54, 1.807) is 25.7 Å². The van der Waals surface area contributed by atoms with Gasteiger partial charge >= 0.3 is 0 Å². The van der Waals surface area contributed by atoms with Gasteiger partial charge in [0.1, 0.15) is 5.69 Å². The Balaban J connectivity index is 1.49. The van der Waals surface area contributed by atoms with E-state index < -0.39 is 0 Å². The van der Waals surface area contributed by atoms with Gasteiger partial charge in [-0.3, -0.25) is 14.5 Å². The zero-order chi connectivity index (χ0) is 24.8. The molecule has 1 aromatic carbocycles. The minimum Gasteiger partial charge on any atom is -0.383 e. The number of morpholine rings is 1. The van der Waals surface area contributed by atoms with Crippen LogP contribution in [0.1, 0.15) is 33.3 Å². The number of carbonyl (C=O) groups excluding carboxylic acids is 2. The summed E-state index contributed by atoms with van der Waals surface area (Å²) in [6.45, 7) is 7.60. The van der Waals surface area contributed by atoms with Gasteiger partial charge < -0.3 is 29.7 Å². The molecule has 2 aromatic rings. The molecule has 3 heterocycles. The van der Waals surface area contributed by atoms with Crippen LogP contribution in [-0.2, 0) is 20.8 Å². The summed E-state index contributed by atoms with van der Waals surface area (Å²) in [6, 6.07) is 5.40. The van der Waals surface area contributed by atoms with E-state index in [0.29, 0.717) is 43.3 Å². The predicted molar refractivity (Wildman–Crippen MR) is 134 cm³/mol. The molecule has 10 nitrogen and oxygen atoms in total. The smallest absolute Gasteiger partial charge is 0.275 e. The second-order valence-electron chi connectivity index (χ2n) is 8.83. The molecule has 2 saturated heterocycles. The molecular formula is C24H33N5O5S. The van der Waals surface area contributed by atoms with Gasteiger partial charge in [0.2, 0.25) is 0 Å². The van der Waals surface area contributed by atoms with Gasteiger partial charge in [0.05, 0.1) is 37.2 Å². The SMILES string of the molecule is COC[C@@H](C)NC(=O)c1cc(CN2CCOCC2)ccc1NC(=O)c1csc(N2CC(OC)C2)n1. The molecule has 35 heavy (non-hydrogen) atoms. The normalized spacial score (nSPS) is 17.6. The Kier molecular flexibility index (Phi) is 8.69. The van der Waals surface area contributed by atoms with Gasteiger partial charge in [-0.15, -0.1) is 11.3 Å². The molecule has 2 N–H and O–H groups in total. The van der Waals surface area contributed by atoms with Crippen LogP contribution in [0.3, 0.4) is 0 Å². The number of aromatic nitrogens is 1. The number of hydrogen-bond donors (Lipinski definition) is 2. The Morgan fingerprint density at radius 1 is 1.23 bits per heavy atom. The number of carbonyl (C=O) groups is 2. The molecule has 11 heteroatoms. The molecule has 0 unspecified atom stereocenters. The summed E-state index contributed by atoms with van der Waals surface area (Å²) < 4.78 is 15.9. The van der Waals surface area contributed by atoms with E-state index in [1.165, 1.54) is 11.3 Å². The number of amides is 2. The maximum Gasteiger partial charge on any atom is 0.275 e. The lowest BCUT2D eigenvalue weighted by Gasteiger charge is -2.37. The van der Waals surface area contributed by atoms with Gasteiger partial charge in [0, 0.05) is 58.4 Å². The van der Waals surface area contributed by atoms with Crippen molar-refractivity contribution >= 4 is 34.0 Å². The average molecular weight is 504 g/mol. The van der Waals surface area contributed by atoms with Crippen molar-refractivity contribution in [2.45, 2.75) is 25.6 Å². The third-order valence-corrected chi connectivity index (χ3v) is 6.96. The summed E-state index contributed by atoms with van der Waals surface area (Å²) in [6.07, 6.45) is 0.203. The number of methoxy groups -OCH3 is 2. The Morgan fingerprint density at radius 2 is 2.00 bits per heavy atom. The van der Waals surface area contributed by atoms with Gasteiger partial charge in [-0.25, -0.2) is 4.98 Å². The lowest BCUT2D eigenvalue weighted by Crippen LogP contribution is -2.51. The van der Waals surface area contributed by atoms with Gasteiger partial charge in [0.15, 0.2) is 5.13 Å². The third kappa shape index (κ3) is 6.56. The summed E-state index contributed by atoms with van der Waals surface area (Å²) in [4.78, 5) is 35.0. The summed E-state index contributed by atoms with van der Waals surface area (Å²) in [7, 11) is 3.29. The van der Waals surface area contributed by atoms with Crippen LogP contribution in [-0.4, -0.2) is 94.1 Å². The van der Waals surface area contributed by atoms with E-state index in [1.807, 2.05) is 19.1 Å². The molecular weight excluding hydrogens is 470 g/mol. The fraction of sp³-hybridized carbons (Fsp3) is 0.542. The van der Waals surface area contributed by atoms with Crippen molar-refractivity contribution in [1.29, 1.82) is 0 Å². The number of rotatable bonds is 10. The minimum absolute atomic E-state index is 0.174. The Hall–Kier alpha value is -2.57. The number of benzene rings is 1. The van der Waals surface area contributed by atoms with Crippen LogP contribution < -0.4 is 15.5 Å². The first-order valence-corrected chi connectivity index (χ1v) is 12.6. The fourth-order valence-electron chi connectivity index (χ4n) is 4.04. The van der Waals surface area contributed by atoms with Crippen LogP contribution in [0.4, 0.5) is 10.8 Å². The molecule has 0 aliphatic carbocycles. The first kappa shape index (κ1) is 25.5. The highest BCUT2D eigenvalue weighted by Gasteiger charge is 2.29. The molecule has 2 aliphatic heterocycles. The molecule has 0 spiro atoms. The predicted octanol–water partition coefficient (Wildman–Crippen LogP) is 1.83. The lowest BCUT2D eigenvalue weighted by molar-refractivity contribution is 0.0342. The summed E-state index contributed by atoms with van der Waals surface area (Å²) >= 11 is 1.42. The molecule has 2 amide bonds. The molecule has 4 rings (SSSR count). The van der Waals surface area contributed by atoms with E-state index in [9.17, 15) is 9.59 Å². The van der Waals surface area contributed by atoms with Crippen LogP contribution >= 0.6 is 11.3 Å². The van der Waals surface area contributed by atoms with E-state index in [0.717, 1.165) is 36.9 Å². The highest BCUT2D eigenvalue weighted by Crippen LogP contribution is 2.27. The maximum atomic E-state index is 13.1. The molecule has 2 fully saturated rings. The highest BCUT2D eigenvalue weighted by molar-refractivity contribution is 7.14. The van der Waals surface area contributed by atoms with Crippen LogP contribution in [0, 0.1) is 0 Å². The highest BCUT2D eigenvalue weighted by atomic mass is 32.1. The molecule has 0 radical (unpaired) electrons. The van der Waals surface area contributed by atoms with Gasteiger partial charge in [-0.1, -0.05) is 6.07 Å². The maximum absolute atomic E-state index is 13.1. The van der Waals surface area contributed by atoms with Crippen LogP contribution in [0.25, 0.3) is 0 Å². The zero-order valence-corrected chi connectivity index (χ0v) is 21.2. The van der Waals surface area contributed by atoms with Crippen molar-refractivity contribution < 1.29 is 23.8 Å². The van der Waals surface area contributed by atoms with E-state index in [4.69, 9.17) is 14.2 Å². The first-order chi connectivity index (χ1) is 17.0. The lowest BCUT2D eigenvalue weighted by atomic mass is 10.1. The van der Waals surface area contributed by atoms with Crippen molar-refractivity contribution in [1.82, 2.24) is 15.2 Å². The topological polar surface area (TPSA) is 105 Å². The number of anilines is 2. The second-order valence-corrected chi connectivity index (χ2v) is 9.67. The van der Waals surface area contributed by atoms with Crippen LogP contribution in [0.5, 0.6) is 0 Å². The summed E-state index contributed by atoms with van der Waals surface area (Å²) in [5, 5.41) is 8.35. The summed E-state index contributed by atoms with van der Waals surface area (Å²) in [5.74, 6) is -0.616. The number of hydrogen-bond acceptors (Lipinski definition) is 9. The number of nitrogens with one attached hydrogen (secondary N) is 2. The molecule has 2 aliphatic rings. The third-order valence-electron chi connectivity index (χ3n) is 6.06. The van der Waals surface area contributed by atoms with E-state index in [-0.39, 0.29) is 24.0 Å². The van der Waals surface area contributed by atoms with Gasteiger partial charge in [-0.05, 0) is 24.6 Å².